The molecule has 0 aromatic carbocycles. The van der Waals surface area contributed by atoms with Crippen molar-refractivity contribution >= 4 is 0 Å². The number of aryl methyl sites for hydroxylation is 1. The van der Waals surface area contributed by atoms with Gasteiger partial charge in [0, 0.05) is 17.7 Å². The van der Waals surface area contributed by atoms with Gasteiger partial charge in [0.15, 0.2) is 0 Å². The van der Waals surface area contributed by atoms with E-state index in [-0.39, 0.29) is 12.5 Å². The Morgan fingerprint density at radius 2 is 2.17 bits per heavy atom. The molecule has 2 heterocycles. The molecule has 0 radical (unpaired) electrons. The summed E-state index contributed by atoms with van der Waals surface area (Å²) in [5, 5.41) is 18.9. The van der Waals surface area contributed by atoms with Crippen LogP contribution in [0.15, 0.2) is 15.8 Å². The van der Waals surface area contributed by atoms with Gasteiger partial charge in [-0.1, -0.05) is 6.92 Å². The SMILES string of the molecule is Cc1cn([C@@H]2O[C@H](CO)[C@H](O)C2C)c(=O)[nH]c1=O. The van der Waals surface area contributed by atoms with Gasteiger partial charge in [0.2, 0.25) is 0 Å². The van der Waals surface area contributed by atoms with E-state index in [2.05, 4.69) is 4.98 Å². The topological polar surface area (TPSA) is 105 Å². The van der Waals surface area contributed by atoms with Gasteiger partial charge in [-0.2, -0.15) is 0 Å². The number of aromatic amines is 1. The fourth-order valence-corrected chi connectivity index (χ4v) is 2.14. The Hall–Kier alpha value is -1.44. The lowest BCUT2D eigenvalue weighted by Gasteiger charge is -2.18. The lowest BCUT2D eigenvalue weighted by atomic mass is 10.0. The molecule has 0 saturated carbocycles. The van der Waals surface area contributed by atoms with E-state index in [1.807, 2.05) is 0 Å². The summed E-state index contributed by atoms with van der Waals surface area (Å²) < 4.78 is 6.67. The van der Waals surface area contributed by atoms with Crippen LogP contribution in [0.1, 0.15) is 18.7 Å². The number of ether oxygens (including phenoxy) is 1. The number of nitrogens with one attached hydrogen (secondary N) is 1. The van der Waals surface area contributed by atoms with Gasteiger partial charge in [-0.3, -0.25) is 14.3 Å². The molecule has 7 nitrogen and oxygen atoms in total. The minimum atomic E-state index is -0.848. The van der Waals surface area contributed by atoms with Gasteiger partial charge in [-0.15, -0.1) is 0 Å². The van der Waals surface area contributed by atoms with Crippen LogP contribution in [0, 0.1) is 12.8 Å². The normalized spacial score (nSPS) is 31.8. The molecule has 0 amide bonds. The van der Waals surface area contributed by atoms with Gasteiger partial charge in [-0.05, 0) is 6.92 Å². The van der Waals surface area contributed by atoms with E-state index in [1.54, 1.807) is 13.8 Å². The Labute approximate surface area is 103 Å². The van der Waals surface area contributed by atoms with Crippen LogP contribution in [0.2, 0.25) is 0 Å². The van der Waals surface area contributed by atoms with Crippen LogP contribution in [0.25, 0.3) is 0 Å². The number of rotatable bonds is 2. The first kappa shape index (κ1) is 13.0. The highest BCUT2D eigenvalue weighted by molar-refractivity contribution is 5.02. The van der Waals surface area contributed by atoms with Gasteiger partial charge in [0.1, 0.15) is 12.3 Å². The summed E-state index contributed by atoms with van der Waals surface area (Å²) in [7, 11) is 0. The minimum Gasteiger partial charge on any atom is -0.394 e. The highest BCUT2D eigenvalue weighted by Crippen LogP contribution is 2.33. The van der Waals surface area contributed by atoms with E-state index in [0.29, 0.717) is 5.56 Å². The zero-order chi connectivity index (χ0) is 13.4. The number of aliphatic hydroxyl groups excluding tert-OH is 2. The molecule has 0 aliphatic carbocycles. The van der Waals surface area contributed by atoms with Crippen molar-refractivity contribution in [2.24, 2.45) is 5.92 Å². The maximum absolute atomic E-state index is 11.7. The quantitative estimate of drug-likeness (QED) is 0.612. The summed E-state index contributed by atoms with van der Waals surface area (Å²) in [6.07, 6.45) is -0.863. The van der Waals surface area contributed by atoms with Crippen molar-refractivity contribution in [3.05, 3.63) is 32.6 Å². The van der Waals surface area contributed by atoms with Gasteiger partial charge in [0.25, 0.3) is 5.56 Å². The summed E-state index contributed by atoms with van der Waals surface area (Å²) in [5.41, 5.74) is -0.651. The molecular weight excluding hydrogens is 240 g/mol. The van der Waals surface area contributed by atoms with Crippen LogP contribution >= 0.6 is 0 Å². The second kappa shape index (κ2) is 4.68. The lowest BCUT2D eigenvalue weighted by Crippen LogP contribution is -2.35. The number of aliphatic hydroxyl groups is 2. The first-order chi connectivity index (χ1) is 8.45. The van der Waals surface area contributed by atoms with E-state index >= 15 is 0 Å². The van der Waals surface area contributed by atoms with Gasteiger partial charge in [0.05, 0.1) is 12.7 Å². The van der Waals surface area contributed by atoms with Crippen molar-refractivity contribution in [3.8, 4) is 0 Å². The number of H-pyrrole nitrogens is 1. The van der Waals surface area contributed by atoms with Crippen LogP contribution in [-0.2, 0) is 4.74 Å². The Morgan fingerprint density at radius 1 is 1.50 bits per heavy atom. The molecule has 0 bridgehead atoms. The molecule has 1 aromatic rings. The molecule has 4 atom stereocenters. The smallest absolute Gasteiger partial charge is 0.330 e. The Morgan fingerprint density at radius 3 is 2.72 bits per heavy atom. The van der Waals surface area contributed by atoms with Gasteiger partial charge in [-0.25, -0.2) is 4.79 Å². The maximum atomic E-state index is 11.7. The number of hydrogen-bond donors (Lipinski definition) is 3. The van der Waals surface area contributed by atoms with Crippen molar-refractivity contribution in [3.63, 3.8) is 0 Å². The lowest BCUT2D eigenvalue weighted by molar-refractivity contribution is -0.0477. The second-order valence-electron chi connectivity index (χ2n) is 4.58. The standard InChI is InChI=1S/C11H16N2O5/c1-5-3-13(11(17)12-9(5)16)10-6(2)8(15)7(4-14)18-10/h3,6-8,10,14-15H,4H2,1-2H3,(H,12,16,17)/t6?,7-,8-,10-/m1/s1. The van der Waals surface area contributed by atoms with Crippen LogP contribution in [0.5, 0.6) is 0 Å². The molecule has 1 fully saturated rings. The van der Waals surface area contributed by atoms with Crippen LogP contribution in [-0.4, -0.2) is 38.6 Å². The molecule has 0 spiro atoms. The molecule has 1 saturated heterocycles. The first-order valence-corrected chi connectivity index (χ1v) is 5.72. The van der Waals surface area contributed by atoms with Crippen molar-refractivity contribution in [1.82, 2.24) is 9.55 Å². The molecule has 1 unspecified atom stereocenters. The summed E-state index contributed by atoms with van der Waals surface area (Å²) in [5.74, 6) is -0.356. The summed E-state index contributed by atoms with van der Waals surface area (Å²) in [6, 6.07) is 0. The predicted octanol–water partition coefficient (Wildman–Crippen LogP) is -1.27. The summed E-state index contributed by atoms with van der Waals surface area (Å²) in [6.45, 7) is 2.98. The Bertz CT molecular complexity index is 549. The van der Waals surface area contributed by atoms with Gasteiger partial charge < -0.3 is 14.9 Å². The number of hydrogen-bond acceptors (Lipinski definition) is 5. The third-order valence-electron chi connectivity index (χ3n) is 3.28. The van der Waals surface area contributed by atoms with E-state index in [0.717, 1.165) is 0 Å². The third kappa shape index (κ3) is 2.00. The highest BCUT2D eigenvalue weighted by atomic mass is 16.5. The minimum absolute atomic E-state index is 0.320. The number of aromatic nitrogens is 2. The fraction of sp³-hybridized carbons (Fsp3) is 0.636. The van der Waals surface area contributed by atoms with Crippen LogP contribution in [0.3, 0.4) is 0 Å². The molecule has 1 aromatic heterocycles. The molecule has 1 aliphatic rings. The largest absolute Gasteiger partial charge is 0.394 e. The van der Waals surface area contributed by atoms with Crippen LogP contribution < -0.4 is 11.2 Å². The van der Waals surface area contributed by atoms with Crippen molar-refractivity contribution in [2.45, 2.75) is 32.3 Å². The van der Waals surface area contributed by atoms with Crippen LogP contribution in [0.4, 0.5) is 0 Å². The molecule has 3 N–H and O–H groups in total. The predicted molar refractivity (Wildman–Crippen MR) is 62.2 cm³/mol. The Kier molecular flexibility index (Phi) is 3.38. The van der Waals surface area contributed by atoms with E-state index in [4.69, 9.17) is 9.84 Å². The van der Waals surface area contributed by atoms with Crippen molar-refractivity contribution in [1.29, 1.82) is 0 Å². The monoisotopic (exact) mass is 256 g/mol. The number of nitrogens with zero attached hydrogens (tertiary/aromatic N) is 1. The molecule has 7 heteroatoms. The first-order valence-electron chi connectivity index (χ1n) is 5.72. The Balaban J connectivity index is 2.42. The molecule has 2 rings (SSSR count). The molecule has 1 aliphatic heterocycles. The van der Waals surface area contributed by atoms with Crippen molar-refractivity contribution in [2.75, 3.05) is 6.61 Å². The van der Waals surface area contributed by atoms with E-state index < -0.39 is 29.7 Å². The van der Waals surface area contributed by atoms with E-state index in [9.17, 15) is 14.7 Å². The highest BCUT2D eigenvalue weighted by Gasteiger charge is 2.41. The average Bonchev–Trinajstić information content (AvgIpc) is 2.61. The van der Waals surface area contributed by atoms with Gasteiger partial charge >= 0.3 is 5.69 Å². The molecule has 100 valence electrons. The molecular formula is C11H16N2O5. The zero-order valence-electron chi connectivity index (χ0n) is 10.2. The second-order valence-corrected chi connectivity index (χ2v) is 4.58. The zero-order valence-corrected chi connectivity index (χ0v) is 10.2. The summed E-state index contributed by atoms with van der Waals surface area (Å²) in [4.78, 5) is 25.2. The van der Waals surface area contributed by atoms with E-state index in [1.165, 1.54) is 10.8 Å². The average molecular weight is 256 g/mol. The third-order valence-corrected chi connectivity index (χ3v) is 3.28. The maximum Gasteiger partial charge on any atom is 0.330 e. The summed E-state index contributed by atoms with van der Waals surface area (Å²) >= 11 is 0. The molecule has 18 heavy (non-hydrogen) atoms. The fourth-order valence-electron chi connectivity index (χ4n) is 2.14. The van der Waals surface area contributed by atoms with Crippen molar-refractivity contribution < 1.29 is 14.9 Å².